The van der Waals surface area contributed by atoms with Gasteiger partial charge < -0.3 is 10.5 Å². The molecule has 2 aromatic rings. The van der Waals surface area contributed by atoms with Crippen molar-refractivity contribution in [1.29, 1.82) is 0 Å². The van der Waals surface area contributed by atoms with Crippen LogP contribution in [0.4, 0.5) is 8.78 Å². The molecular formula is C14H14F2N2O. The molecule has 0 radical (unpaired) electrons. The number of rotatable bonds is 3. The van der Waals surface area contributed by atoms with Gasteiger partial charge in [-0.1, -0.05) is 12.1 Å². The third kappa shape index (κ3) is 2.42. The molecule has 0 saturated carbocycles. The Morgan fingerprint density at radius 3 is 2.58 bits per heavy atom. The summed E-state index contributed by atoms with van der Waals surface area (Å²) in [4.78, 5) is 3.90. The van der Waals surface area contributed by atoms with E-state index in [0.717, 1.165) is 0 Å². The molecule has 1 aromatic carbocycles. The first-order chi connectivity index (χ1) is 9.06. The molecule has 0 fully saturated rings. The molecular weight excluding hydrogens is 250 g/mol. The molecule has 0 spiro atoms. The van der Waals surface area contributed by atoms with Gasteiger partial charge >= 0.3 is 0 Å². The number of hydrogen-bond acceptors (Lipinski definition) is 3. The number of nitrogens with zero attached hydrogens (tertiary/aromatic N) is 1. The maximum Gasteiger partial charge on any atom is 0.164 e. The lowest BCUT2D eigenvalue weighted by Gasteiger charge is -2.17. The van der Waals surface area contributed by atoms with Crippen LogP contribution in [-0.2, 0) is 0 Å². The largest absolute Gasteiger partial charge is 0.495 e. The molecule has 1 unspecified atom stereocenters. The van der Waals surface area contributed by atoms with Gasteiger partial charge in [0.15, 0.2) is 11.6 Å². The van der Waals surface area contributed by atoms with E-state index in [1.54, 1.807) is 6.07 Å². The van der Waals surface area contributed by atoms with Crippen LogP contribution < -0.4 is 10.5 Å². The maximum absolute atomic E-state index is 13.9. The van der Waals surface area contributed by atoms with Crippen molar-refractivity contribution < 1.29 is 13.5 Å². The summed E-state index contributed by atoms with van der Waals surface area (Å²) in [6.07, 6.45) is 3.01. The molecule has 0 aliphatic rings. The predicted octanol–water partition coefficient (Wildman–Crippen LogP) is 2.72. The number of nitrogens with two attached hydrogens (primary N) is 1. The Morgan fingerprint density at radius 1 is 1.16 bits per heavy atom. The van der Waals surface area contributed by atoms with Crippen molar-refractivity contribution in [2.45, 2.75) is 13.0 Å². The zero-order valence-corrected chi connectivity index (χ0v) is 10.7. The molecule has 19 heavy (non-hydrogen) atoms. The highest BCUT2D eigenvalue weighted by atomic mass is 19.2. The van der Waals surface area contributed by atoms with Crippen molar-refractivity contribution in [3.8, 4) is 5.75 Å². The second-order valence-corrected chi connectivity index (χ2v) is 4.19. The van der Waals surface area contributed by atoms with Crippen LogP contribution in [0.2, 0.25) is 0 Å². The molecule has 3 nitrogen and oxygen atoms in total. The lowest BCUT2D eigenvalue weighted by Crippen LogP contribution is -2.16. The molecule has 2 rings (SSSR count). The first-order valence-corrected chi connectivity index (χ1v) is 5.74. The Labute approximate surface area is 110 Å². The zero-order chi connectivity index (χ0) is 14.0. The lowest BCUT2D eigenvalue weighted by molar-refractivity contribution is 0.405. The SMILES string of the molecule is COc1cnccc1C(N)c1ccc(C)c(F)c1F. The fourth-order valence-electron chi connectivity index (χ4n) is 1.89. The first-order valence-electron chi connectivity index (χ1n) is 5.74. The predicted molar refractivity (Wildman–Crippen MR) is 67.9 cm³/mol. The third-order valence-corrected chi connectivity index (χ3v) is 3.01. The Bertz CT molecular complexity index is 602. The van der Waals surface area contributed by atoms with Gasteiger partial charge in [-0.25, -0.2) is 8.78 Å². The molecule has 0 aliphatic heterocycles. The molecule has 1 aromatic heterocycles. The molecule has 1 atom stereocenters. The van der Waals surface area contributed by atoms with Gasteiger partial charge in [0, 0.05) is 17.3 Å². The Hall–Kier alpha value is -2.01. The second-order valence-electron chi connectivity index (χ2n) is 4.19. The van der Waals surface area contributed by atoms with Crippen LogP contribution in [0.3, 0.4) is 0 Å². The van der Waals surface area contributed by atoms with Gasteiger partial charge in [0.1, 0.15) is 5.75 Å². The highest BCUT2D eigenvalue weighted by Crippen LogP contribution is 2.30. The molecule has 0 bridgehead atoms. The average Bonchev–Trinajstić information content (AvgIpc) is 2.44. The molecule has 100 valence electrons. The van der Waals surface area contributed by atoms with E-state index >= 15 is 0 Å². The summed E-state index contributed by atoms with van der Waals surface area (Å²) in [7, 11) is 1.47. The average molecular weight is 264 g/mol. The van der Waals surface area contributed by atoms with Crippen LogP contribution >= 0.6 is 0 Å². The van der Waals surface area contributed by atoms with Crippen molar-refractivity contribution in [2.75, 3.05) is 7.11 Å². The smallest absolute Gasteiger partial charge is 0.164 e. The monoisotopic (exact) mass is 264 g/mol. The molecule has 1 heterocycles. The molecule has 2 N–H and O–H groups in total. The van der Waals surface area contributed by atoms with Crippen LogP contribution in [0.1, 0.15) is 22.7 Å². The Morgan fingerprint density at radius 2 is 1.89 bits per heavy atom. The summed E-state index contributed by atoms with van der Waals surface area (Å²) in [6.45, 7) is 1.50. The first kappa shape index (κ1) is 13.4. The van der Waals surface area contributed by atoms with Crippen molar-refractivity contribution in [2.24, 2.45) is 5.73 Å². The summed E-state index contributed by atoms with van der Waals surface area (Å²) in [5.74, 6) is -1.36. The Balaban J connectivity index is 2.50. The number of hydrogen-bond donors (Lipinski definition) is 1. The highest BCUT2D eigenvalue weighted by Gasteiger charge is 2.20. The van der Waals surface area contributed by atoms with Gasteiger partial charge in [0.2, 0.25) is 0 Å². The highest BCUT2D eigenvalue weighted by molar-refractivity contribution is 5.40. The summed E-state index contributed by atoms with van der Waals surface area (Å²) < 4.78 is 32.6. The van der Waals surface area contributed by atoms with Gasteiger partial charge in [-0.05, 0) is 18.6 Å². The number of benzene rings is 1. The number of halogens is 2. The van der Waals surface area contributed by atoms with Crippen molar-refractivity contribution in [1.82, 2.24) is 4.98 Å². The van der Waals surface area contributed by atoms with Crippen molar-refractivity contribution >= 4 is 0 Å². The second kappa shape index (κ2) is 5.32. The van der Waals surface area contributed by atoms with Crippen LogP contribution in [0.25, 0.3) is 0 Å². The quantitative estimate of drug-likeness (QED) is 0.927. The van der Waals surface area contributed by atoms with Crippen LogP contribution in [0.15, 0.2) is 30.6 Å². The molecule has 0 saturated heterocycles. The van der Waals surface area contributed by atoms with Crippen LogP contribution in [0, 0.1) is 18.6 Å². The van der Waals surface area contributed by atoms with E-state index in [1.807, 2.05) is 0 Å². The summed E-state index contributed by atoms with van der Waals surface area (Å²) in [5.41, 5.74) is 6.89. The molecule has 0 amide bonds. The number of ether oxygens (including phenoxy) is 1. The van der Waals surface area contributed by atoms with E-state index in [1.165, 1.54) is 38.6 Å². The van der Waals surface area contributed by atoms with E-state index in [0.29, 0.717) is 11.3 Å². The van der Waals surface area contributed by atoms with Gasteiger partial charge in [0.25, 0.3) is 0 Å². The summed E-state index contributed by atoms with van der Waals surface area (Å²) in [6, 6.07) is 3.80. The van der Waals surface area contributed by atoms with Gasteiger partial charge in [0.05, 0.1) is 19.3 Å². The number of aryl methyl sites for hydroxylation is 1. The van der Waals surface area contributed by atoms with E-state index in [2.05, 4.69) is 4.98 Å². The topological polar surface area (TPSA) is 48.1 Å². The molecule has 0 aliphatic carbocycles. The number of pyridine rings is 1. The fourth-order valence-corrected chi connectivity index (χ4v) is 1.89. The number of methoxy groups -OCH3 is 1. The minimum atomic E-state index is -0.925. The number of aromatic nitrogens is 1. The van der Waals surface area contributed by atoms with Crippen LogP contribution in [0.5, 0.6) is 5.75 Å². The Kier molecular flexibility index (Phi) is 3.76. The normalized spacial score (nSPS) is 12.3. The molecule has 5 heteroatoms. The summed E-state index contributed by atoms with van der Waals surface area (Å²) in [5, 5.41) is 0. The maximum atomic E-state index is 13.9. The lowest BCUT2D eigenvalue weighted by atomic mass is 9.98. The van der Waals surface area contributed by atoms with E-state index < -0.39 is 17.7 Å². The van der Waals surface area contributed by atoms with Gasteiger partial charge in [-0.3, -0.25) is 4.98 Å². The summed E-state index contributed by atoms with van der Waals surface area (Å²) >= 11 is 0. The van der Waals surface area contributed by atoms with Crippen molar-refractivity contribution in [3.05, 3.63) is 58.9 Å². The van der Waals surface area contributed by atoms with E-state index in [-0.39, 0.29) is 11.1 Å². The zero-order valence-electron chi connectivity index (χ0n) is 10.7. The van der Waals surface area contributed by atoms with E-state index in [4.69, 9.17) is 10.5 Å². The standard InChI is InChI=1S/C14H14F2N2O/c1-8-3-4-10(13(16)12(8)15)14(17)9-5-6-18-7-11(9)19-2/h3-7,14H,17H2,1-2H3. The van der Waals surface area contributed by atoms with Gasteiger partial charge in [-0.15, -0.1) is 0 Å². The van der Waals surface area contributed by atoms with Crippen molar-refractivity contribution in [3.63, 3.8) is 0 Å². The fraction of sp³-hybridized carbons (Fsp3) is 0.214. The van der Waals surface area contributed by atoms with Crippen LogP contribution in [-0.4, -0.2) is 12.1 Å². The van der Waals surface area contributed by atoms with Gasteiger partial charge in [-0.2, -0.15) is 0 Å². The van der Waals surface area contributed by atoms with E-state index in [9.17, 15) is 8.78 Å². The third-order valence-electron chi connectivity index (χ3n) is 3.01. The minimum Gasteiger partial charge on any atom is -0.495 e. The minimum absolute atomic E-state index is 0.0904.